The van der Waals surface area contributed by atoms with Crippen LogP contribution in [0.25, 0.3) is 0 Å². The molecule has 0 fully saturated rings. The normalized spacial score (nSPS) is 10.6. The van der Waals surface area contributed by atoms with E-state index in [4.69, 9.17) is 16.3 Å². The zero-order chi connectivity index (χ0) is 9.52. The van der Waals surface area contributed by atoms with Crippen LogP contribution in [0.4, 0.5) is 0 Å². The van der Waals surface area contributed by atoms with E-state index in [1.807, 2.05) is 19.4 Å². The van der Waals surface area contributed by atoms with E-state index in [0.29, 0.717) is 12.5 Å². The molecule has 0 amide bonds. The van der Waals surface area contributed by atoms with E-state index < -0.39 is 0 Å². The van der Waals surface area contributed by atoms with Gasteiger partial charge in [0.1, 0.15) is 0 Å². The van der Waals surface area contributed by atoms with E-state index in [1.54, 1.807) is 16.4 Å². The summed E-state index contributed by atoms with van der Waals surface area (Å²) in [5.74, 6) is 1.51. The molecule has 0 atom stereocenters. The molecule has 0 aromatic carbocycles. The highest BCUT2D eigenvalue weighted by Gasteiger charge is 1.96. The maximum atomic E-state index is 5.46. The zero-order valence-electron chi connectivity index (χ0n) is 7.57. The lowest BCUT2D eigenvalue weighted by molar-refractivity contribution is 0.166. The van der Waals surface area contributed by atoms with Gasteiger partial charge >= 0.3 is 0 Å². The van der Waals surface area contributed by atoms with Crippen molar-refractivity contribution in [1.82, 2.24) is 9.78 Å². The average molecular weight is 221 g/mol. The summed E-state index contributed by atoms with van der Waals surface area (Å²) in [5, 5.41) is 4.07. The Balaban J connectivity index is 2.06. The third kappa shape index (κ3) is 4.55. The Hall–Kier alpha value is -0.190. The van der Waals surface area contributed by atoms with E-state index in [1.165, 1.54) is 4.90 Å². The smallest absolute Gasteiger partial charge is 0.0625 e. The lowest BCUT2D eigenvalue weighted by Gasteiger charge is -1.99. The third-order valence-electron chi connectivity index (χ3n) is 1.40. The summed E-state index contributed by atoms with van der Waals surface area (Å²) >= 11 is 7.20. The van der Waals surface area contributed by atoms with Crippen LogP contribution in [0, 0.1) is 0 Å². The monoisotopic (exact) mass is 220 g/mol. The van der Waals surface area contributed by atoms with Gasteiger partial charge in [-0.15, -0.1) is 23.4 Å². The van der Waals surface area contributed by atoms with Crippen molar-refractivity contribution in [3.05, 3.63) is 12.4 Å². The van der Waals surface area contributed by atoms with Crippen LogP contribution in [-0.4, -0.2) is 34.6 Å². The van der Waals surface area contributed by atoms with Gasteiger partial charge in [-0.3, -0.25) is 4.68 Å². The molecule has 1 aromatic heterocycles. The van der Waals surface area contributed by atoms with E-state index >= 15 is 0 Å². The predicted octanol–water partition coefficient (Wildman–Crippen LogP) is 1.77. The van der Waals surface area contributed by atoms with Gasteiger partial charge in [-0.2, -0.15) is 5.10 Å². The molecule has 3 nitrogen and oxygen atoms in total. The van der Waals surface area contributed by atoms with Crippen molar-refractivity contribution in [3.8, 4) is 0 Å². The van der Waals surface area contributed by atoms with Crippen LogP contribution in [0.1, 0.15) is 0 Å². The minimum atomic E-state index is 0.567. The summed E-state index contributed by atoms with van der Waals surface area (Å²) in [4.78, 5) is 1.18. The molecule has 0 aliphatic rings. The van der Waals surface area contributed by atoms with Gasteiger partial charge in [0.2, 0.25) is 0 Å². The topological polar surface area (TPSA) is 27.1 Å². The molecule has 0 aliphatic heterocycles. The second kappa shape index (κ2) is 6.29. The second-order valence-electron chi connectivity index (χ2n) is 2.50. The van der Waals surface area contributed by atoms with Crippen molar-refractivity contribution in [3.63, 3.8) is 0 Å². The molecule has 5 heteroatoms. The molecule has 0 spiro atoms. The van der Waals surface area contributed by atoms with Gasteiger partial charge in [0, 0.05) is 29.8 Å². The van der Waals surface area contributed by atoms with Crippen molar-refractivity contribution in [1.29, 1.82) is 0 Å². The number of hydrogen-bond donors (Lipinski definition) is 0. The number of thioether (sulfide) groups is 1. The number of ether oxygens (including phenoxy) is 1. The first kappa shape index (κ1) is 10.9. The van der Waals surface area contributed by atoms with Crippen LogP contribution in [0.3, 0.4) is 0 Å². The largest absolute Gasteiger partial charge is 0.379 e. The molecule has 1 aromatic rings. The van der Waals surface area contributed by atoms with Crippen molar-refractivity contribution < 1.29 is 4.74 Å². The number of halogens is 1. The molecule has 0 radical (unpaired) electrons. The Labute approximate surface area is 87.4 Å². The predicted molar refractivity (Wildman–Crippen MR) is 55.5 cm³/mol. The summed E-state index contributed by atoms with van der Waals surface area (Å²) < 4.78 is 7.02. The molecule has 74 valence electrons. The van der Waals surface area contributed by atoms with Crippen LogP contribution in [0.5, 0.6) is 0 Å². The van der Waals surface area contributed by atoms with Gasteiger partial charge in [0.15, 0.2) is 0 Å². The van der Waals surface area contributed by atoms with Gasteiger partial charge < -0.3 is 4.74 Å². The third-order valence-corrected chi connectivity index (χ3v) is 2.47. The molecule has 0 saturated carbocycles. The fraction of sp³-hybridized carbons (Fsp3) is 0.625. The number of aryl methyl sites for hydroxylation is 1. The highest BCUT2D eigenvalue weighted by Crippen LogP contribution is 2.15. The van der Waals surface area contributed by atoms with E-state index in [9.17, 15) is 0 Å². The van der Waals surface area contributed by atoms with Crippen molar-refractivity contribution >= 4 is 23.4 Å². The number of hydrogen-bond acceptors (Lipinski definition) is 3. The zero-order valence-corrected chi connectivity index (χ0v) is 9.14. The van der Waals surface area contributed by atoms with Gasteiger partial charge in [-0.1, -0.05) is 0 Å². The standard InChI is InChI=1S/C8H13ClN2OS/c1-11-7-8(6-10-11)13-5-4-12-3-2-9/h6-7H,2-5H2,1H3. The van der Waals surface area contributed by atoms with Crippen LogP contribution in [0.2, 0.25) is 0 Å². The Morgan fingerprint density at radius 1 is 1.62 bits per heavy atom. The summed E-state index contributed by atoms with van der Waals surface area (Å²) in [5.41, 5.74) is 0. The summed E-state index contributed by atoms with van der Waals surface area (Å²) in [6, 6.07) is 0. The Morgan fingerprint density at radius 3 is 3.08 bits per heavy atom. The highest BCUT2D eigenvalue weighted by molar-refractivity contribution is 7.99. The quantitative estimate of drug-likeness (QED) is 0.415. The lowest BCUT2D eigenvalue weighted by atomic mass is 10.7. The van der Waals surface area contributed by atoms with Gasteiger partial charge in [-0.25, -0.2) is 0 Å². The van der Waals surface area contributed by atoms with Gasteiger partial charge in [0.25, 0.3) is 0 Å². The minimum absolute atomic E-state index is 0.567. The van der Waals surface area contributed by atoms with Crippen LogP contribution < -0.4 is 0 Å². The number of rotatable bonds is 6. The summed E-state index contributed by atoms with van der Waals surface area (Å²) in [6.07, 6.45) is 3.85. The molecule has 0 bridgehead atoms. The molecular weight excluding hydrogens is 208 g/mol. The molecule has 1 rings (SSSR count). The first-order valence-electron chi connectivity index (χ1n) is 4.08. The van der Waals surface area contributed by atoms with Crippen molar-refractivity contribution in [2.75, 3.05) is 24.8 Å². The van der Waals surface area contributed by atoms with Gasteiger partial charge in [0.05, 0.1) is 19.4 Å². The fourth-order valence-electron chi connectivity index (χ4n) is 0.848. The molecule has 1 heterocycles. The van der Waals surface area contributed by atoms with E-state index in [0.717, 1.165) is 12.4 Å². The molecular formula is C8H13ClN2OS. The minimum Gasteiger partial charge on any atom is -0.379 e. The van der Waals surface area contributed by atoms with Crippen molar-refractivity contribution in [2.24, 2.45) is 7.05 Å². The molecule has 0 unspecified atom stereocenters. The number of alkyl halides is 1. The van der Waals surface area contributed by atoms with Crippen LogP contribution in [-0.2, 0) is 11.8 Å². The number of aromatic nitrogens is 2. The molecule has 0 aliphatic carbocycles. The Morgan fingerprint density at radius 2 is 2.46 bits per heavy atom. The average Bonchev–Trinajstić information content (AvgIpc) is 2.51. The second-order valence-corrected chi connectivity index (χ2v) is 4.05. The molecule has 13 heavy (non-hydrogen) atoms. The summed E-state index contributed by atoms with van der Waals surface area (Å²) in [6.45, 7) is 1.38. The van der Waals surface area contributed by atoms with E-state index in [2.05, 4.69) is 5.10 Å². The Kier molecular flexibility index (Phi) is 5.27. The lowest BCUT2D eigenvalue weighted by Crippen LogP contribution is -1.99. The summed E-state index contributed by atoms with van der Waals surface area (Å²) in [7, 11) is 1.91. The van der Waals surface area contributed by atoms with Crippen molar-refractivity contribution in [2.45, 2.75) is 4.90 Å². The van der Waals surface area contributed by atoms with Crippen LogP contribution in [0.15, 0.2) is 17.3 Å². The molecule has 0 N–H and O–H groups in total. The van der Waals surface area contributed by atoms with Crippen LogP contribution >= 0.6 is 23.4 Å². The first-order valence-corrected chi connectivity index (χ1v) is 5.60. The fourth-order valence-corrected chi connectivity index (χ4v) is 1.74. The van der Waals surface area contributed by atoms with Gasteiger partial charge in [-0.05, 0) is 0 Å². The SMILES string of the molecule is Cn1cc(SCCOCCCl)cn1. The van der Waals surface area contributed by atoms with E-state index in [-0.39, 0.29) is 0 Å². The first-order chi connectivity index (χ1) is 6.33. The highest BCUT2D eigenvalue weighted by atomic mass is 35.5. The maximum absolute atomic E-state index is 5.46. The maximum Gasteiger partial charge on any atom is 0.0625 e. The Bertz CT molecular complexity index is 242. The number of nitrogens with zero attached hydrogens (tertiary/aromatic N) is 2. The molecule has 0 saturated heterocycles.